The summed E-state index contributed by atoms with van der Waals surface area (Å²) in [6, 6.07) is -0.0273. The highest BCUT2D eigenvalue weighted by Crippen LogP contribution is 2.39. The van der Waals surface area contributed by atoms with Gasteiger partial charge in [-0.2, -0.15) is 18.3 Å². The molecule has 1 saturated carbocycles. The van der Waals surface area contributed by atoms with E-state index in [1.54, 1.807) is 0 Å². The number of aromatic nitrogens is 2. The number of halogens is 5. The fourth-order valence-electron chi connectivity index (χ4n) is 2.18. The predicted molar refractivity (Wildman–Crippen MR) is 59.3 cm³/mol. The molecule has 0 N–H and O–H groups in total. The zero-order valence-corrected chi connectivity index (χ0v) is 10.4. The molecule has 0 spiro atoms. The van der Waals surface area contributed by atoms with Crippen molar-refractivity contribution in [2.45, 2.75) is 43.8 Å². The molecule has 0 radical (unpaired) electrons. The fraction of sp³-hybridized carbons (Fsp3) is 0.700. The van der Waals surface area contributed by atoms with Gasteiger partial charge in [-0.25, -0.2) is 0 Å². The zero-order valence-electron chi connectivity index (χ0n) is 8.90. The first-order chi connectivity index (χ1) is 7.95. The van der Waals surface area contributed by atoms with Gasteiger partial charge in [-0.05, 0) is 12.8 Å². The maximum Gasteiger partial charge on any atom is 0.435 e. The number of alkyl halides is 4. The van der Waals surface area contributed by atoms with Crippen LogP contribution in [0, 0.1) is 0 Å². The molecule has 0 aliphatic heterocycles. The Morgan fingerprint density at radius 3 is 2.29 bits per heavy atom. The second kappa shape index (κ2) is 4.69. The molecule has 1 fully saturated rings. The van der Waals surface area contributed by atoms with E-state index < -0.39 is 11.9 Å². The van der Waals surface area contributed by atoms with Crippen LogP contribution in [0.5, 0.6) is 0 Å². The molecule has 1 aromatic rings. The molecule has 1 aliphatic rings. The number of hydrogen-bond acceptors (Lipinski definition) is 1. The molecule has 0 atom stereocenters. The third-order valence-electron chi connectivity index (χ3n) is 3.02. The van der Waals surface area contributed by atoms with Gasteiger partial charge in [0.2, 0.25) is 0 Å². The van der Waals surface area contributed by atoms with Gasteiger partial charge < -0.3 is 0 Å². The Balaban J connectivity index is 2.44. The van der Waals surface area contributed by atoms with Crippen LogP contribution in [0.25, 0.3) is 0 Å². The minimum Gasteiger partial charge on any atom is -0.250 e. The molecule has 1 heterocycles. The lowest BCUT2D eigenvalue weighted by Crippen LogP contribution is -2.11. The quantitative estimate of drug-likeness (QED) is 0.737. The summed E-state index contributed by atoms with van der Waals surface area (Å²) in [6.07, 6.45) is -0.866. The van der Waals surface area contributed by atoms with Crippen LogP contribution in [0.4, 0.5) is 13.2 Å². The summed E-state index contributed by atoms with van der Waals surface area (Å²) in [4.78, 5) is 0. The van der Waals surface area contributed by atoms with Gasteiger partial charge >= 0.3 is 6.18 Å². The largest absolute Gasteiger partial charge is 0.435 e. The lowest BCUT2D eigenvalue weighted by atomic mass is 10.2. The van der Waals surface area contributed by atoms with Crippen LogP contribution in [0.15, 0.2) is 0 Å². The van der Waals surface area contributed by atoms with E-state index in [1.807, 2.05) is 0 Å². The first-order valence-corrected chi connectivity index (χ1v) is 6.26. The minimum atomic E-state index is -4.50. The van der Waals surface area contributed by atoms with E-state index in [1.165, 1.54) is 4.68 Å². The molecular weight excluding hydrogens is 276 g/mol. The summed E-state index contributed by atoms with van der Waals surface area (Å²) in [5, 5.41) is 3.64. The predicted octanol–water partition coefficient (Wildman–Crippen LogP) is 4.41. The maximum atomic E-state index is 12.7. The zero-order chi connectivity index (χ0) is 12.6. The molecule has 0 amide bonds. The van der Waals surface area contributed by atoms with Crippen LogP contribution in [-0.2, 0) is 12.1 Å². The average molecular weight is 287 g/mol. The van der Waals surface area contributed by atoms with Crippen molar-refractivity contribution in [1.82, 2.24) is 9.78 Å². The topological polar surface area (TPSA) is 17.8 Å². The Morgan fingerprint density at radius 2 is 1.88 bits per heavy atom. The van der Waals surface area contributed by atoms with E-state index in [4.69, 9.17) is 23.2 Å². The van der Waals surface area contributed by atoms with Gasteiger partial charge in [0.1, 0.15) is 5.15 Å². The first-order valence-electron chi connectivity index (χ1n) is 5.35. The van der Waals surface area contributed by atoms with Crippen molar-refractivity contribution in [2.75, 3.05) is 0 Å². The molecule has 96 valence electrons. The molecule has 1 aliphatic carbocycles. The third kappa shape index (κ3) is 2.40. The van der Waals surface area contributed by atoms with E-state index in [2.05, 4.69) is 5.10 Å². The van der Waals surface area contributed by atoms with E-state index in [9.17, 15) is 13.2 Å². The van der Waals surface area contributed by atoms with Crippen LogP contribution in [0.3, 0.4) is 0 Å². The smallest absolute Gasteiger partial charge is 0.250 e. The molecule has 7 heteroatoms. The van der Waals surface area contributed by atoms with Gasteiger partial charge in [-0.1, -0.05) is 24.4 Å². The van der Waals surface area contributed by atoms with Gasteiger partial charge in [0.25, 0.3) is 0 Å². The maximum absolute atomic E-state index is 12.7. The number of rotatable bonds is 2. The second-order valence-corrected chi connectivity index (χ2v) is 4.76. The standard InChI is InChI=1S/C10H11Cl2F3N2/c11-5-7-8(10(13,14)15)16-17(9(7)12)6-3-1-2-4-6/h6H,1-5H2. The van der Waals surface area contributed by atoms with Crippen molar-refractivity contribution >= 4 is 23.2 Å². The molecule has 1 aromatic heterocycles. The monoisotopic (exact) mass is 286 g/mol. The number of hydrogen-bond donors (Lipinski definition) is 0. The van der Waals surface area contributed by atoms with Crippen LogP contribution in [0.1, 0.15) is 43.0 Å². The normalized spacial score (nSPS) is 17.9. The van der Waals surface area contributed by atoms with E-state index >= 15 is 0 Å². The third-order valence-corrected chi connectivity index (χ3v) is 3.69. The molecule has 0 saturated heterocycles. The van der Waals surface area contributed by atoms with Crippen LogP contribution in [0.2, 0.25) is 5.15 Å². The van der Waals surface area contributed by atoms with Crippen LogP contribution in [-0.4, -0.2) is 9.78 Å². The fourth-order valence-corrected chi connectivity index (χ4v) is 2.84. The molecule has 2 nitrogen and oxygen atoms in total. The number of nitrogens with zero attached hydrogens (tertiary/aromatic N) is 2. The molecule has 0 aromatic carbocycles. The van der Waals surface area contributed by atoms with Crippen molar-refractivity contribution in [2.24, 2.45) is 0 Å². The summed E-state index contributed by atoms with van der Waals surface area (Å²) in [7, 11) is 0. The van der Waals surface area contributed by atoms with Gasteiger partial charge in [0.15, 0.2) is 5.69 Å². The minimum absolute atomic E-state index is 0.0271. The Labute approximate surface area is 107 Å². The van der Waals surface area contributed by atoms with E-state index in [-0.39, 0.29) is 22.6 Å². The lowest BCUT2D eigenvalue weighted by molar-refractivity contribution is -0.142. The van der Waals surface area contributed by atoms with E-state index in [0.29, 0.717) is 0 Å². The molecule has 0 unspecified atom stereocenters. The SMILES string of the molecule is FC(F)(F)c1nn(C2CCCC2)c(Cl)c1CCl. The molecule has 0 bridgehead atoms. The highest BCUT2D eigenvalue weighted by Gasteiger charge is 2.39. The van der Waals surface area contributed by atoms with Crippen molar-refractivity contribution in [3.05, 3.63) is 16.4 Å². The summed E-state index contributed by atoms with van der Waals surface area (Å²) >= 11 is 11.5. The van der Waals surface area contributed by atoms with Gasteiger partial charge in [0.05, 0.1) is 11.9 Å². The van der Waals surface area contributed by atoms with Gasteiger partial charge in [-0.3, -0.25) is 4.68 Å². The van der Waals surface area contributed by atoms with Crippen LogP contribution < -0.4 is 0 Å². The summed E-state index contributed by atoms with van der Waals surface area (Å²) in [5.41, 5.74) is -1.07. The lowest BCUT2D eigenvalue weighted by Gasteiger charge is -2.10. The van der Waals surface area contributed by atoms with Crippen molar-refractivity contribution in [1.29, 1.82) is 0 Å². The molecule has 2 rings (SSSR count). The second-order valence-electron chi connectivity index (χ2n) is 4.13. The Morgan fingerprint density at radius 1 is 1.29 bits per heavy atom. The molecular formula is C10H11Cl2F3N2. The average Bonchev–Trinajstić information content (AvgIpc) is 2.82. The molecule has 17 heavy (non-hydrogen) atoms. The Bertz CT molecular complexity index is 408. The van der Waals surface area contributed by atoms with Crippen molar-refractivity contribution in [3.8, 4) is 0 Å². The van der Waals surface area contributed by atoms with Gasteiger partial charge in [-0.15, -0.1) is 11.6 Å². The van der Waals surface area contributed by atoms with Gasteiger partial charge in [0, 0.05) is 5.56 Å². The Hall–Kier alpha value is -0.420. The summed E-state index contributed by atoms with van der Waals surface area (Å²) in [5.74, 6) is -0.277. The highest BCUT2D eigenvalue weighted by molar-refractivity contribution is 6.31. The summed E-state index contributed by atoms with van der Waals surface area (Å²) < 4.78 is 39.5. The van der Waals surface area contributed by atoms with E-state index in [0.717, 1.165) is 25.7 Å². The summed E-state index contributed by atoms with van der Waals surface area (Å²) in [6.45, 7) is 0. The van der Waals surface area contributed by atoms with Crippen LogP contribution >= 0.6 is 23.2 Å². The Kier molecular flexibility index (Phi) is 3.59. The first kappa shape index (κ1) is 13.0. The van der Waals surface area contributed by atoms with Crippen molar-refractivity contribution in [3.63, 3.8) is 0 Å². The highest BCUT2D eigenvalue weighted by atomic mass is 35.5. The van der Waals surface area contributed by atoms with Crippen molar-refractivity contribution < 1.29 is 13.2 Å².